The van der Waals surface area contributed by atoms with Gasteiger partial charge in [0.15, 0.2) is 0 Å². The summed E-state index contributed by atoms with van der Waals surface area (Å²) in [6.07, 6.45) is 0. The molecule has 6 rings (SSSR count). The van der Waals surface area contributed by atoms with Gasteiger partial charge in [-0.3, -0.25) is 14.5 Å². The van der Waals surface area contributed by atoms with Crippen LogP contribution in [0.4, 0.5) is 10.2 Å². The van der Waals surface area contributed by atoms with Crippen molar-refractivity contribution in [2.45, 2.75) is 12.2 Å². The molecule has 1 atom stereocenters. The van der Waals surface area contributed by atoms with E-state index in [2.05, 4.69) is 0 Å². The molecule has 1 unspecified atom stereocenters. The number of rotatable bonds is 5. The van der Waals surface area contributed by atoms with E-state index in [1.54, 1.807) is 33.3 Å². The van der Waals surface area contributed by atoms with Gasteiger partial charge in [0, 0.05) is 18.7 Å². The predicted molar refractivity (Wildman–Crippen MR) is 152 cm³/mol. The number of thiophene rings is 1. The number of para-hydroxylation sites is 1. The van der Waals surface area contributed by atoms with Gasteiger partial charge >= 0.3 is 0 Å². The van der Waals surface area contributed by atoms with Crippen LogP contribution in [0.5, 0.6) is 0 Å². The number of morpholine rings is 1. The SMILES string of the molecule is Cc1ccccc1-n1nc(-c2cccs2)c2c1N(CC(=O)N1CCOCC1)C(=O)CSC2c1ccc(F)cc1. The number of hydrogen-bond acceptors (Lipinski definition) is 6. The highest BCUT2D eigenvalue weighted by molar-refractivity contribution is 8.00. The van der Waals surface area contributed by atoms with Gasteiger partial charge < -0.3 is 9.64 Å². The number of nitrogens with zero attached hydrogens (tertiary/aromatic N) is 4. The number of aryl methyl sites for hydroxylation is 1. The largest absolute Gasteiger partial charge is 0.378 e. The molecule has 0 aliphatic carbocycles. The molecule has 1 fully saturated rings. The molecule has 2 amide bonds. The number of carbonyl (C=O) groups is 2. The maximum atomic E-state index is 13.9. The third kappa shape index (κ3) is 4.99. The average molecular weight is 563 g/mol. The van der Waals surface area contributed by atoms with E-state index in [9.17, 15) is 14.0 Å². The molecule has 4 heterocycles. The number of halogens is 1. The Balaban J connectivity index is 1.58. The van der Waals surface area contributed by atoms with Gasteiger partial charge in [-0.1, -0.05) is 36.4 Å². The van der Waals surface area contributed by atoms with Gasteiger partial charge in [-0.05, 0) is 47.7 Å². The summed E-state index contributed by atoms with van der Waals surface area (Å²) in [6, 6.07) is 18.3. The van der Waals surface area contributed by atoms with Crippen LogP contribution in [0.3, 0.4) is 0 Å². The first-order valence-electron chi connectivity index (χ1n) is 12.8. The highest BCUT2D eigenvalue weighted by Crippen LogP contribution is 2.49. The maximum Gasteiger partial charge on any atom is 0.242 e. The molecule has 2 aliphatic heterocycles. The average Bonchev–Trinajstić information content (AvgIpc) is 3.59. The van der Waals surface area contributed by atoms with Gasteiger partial charge in [0.05, 0.1) is 34.8 Å². The van der Waals surface area contributed by atoms with E-state index in [0.29, 0.717) is 32.1 Å². The second kappa shape index (κ2) is 11.0. The maximum absolute atomic E-state index is 13.9. The number of amides is 2. The first kappa shape index (κ1) is 25.8. The Morgan fingerprint density at radius 2 is 1.85 bits per heavy atom. The second-order valence-electron chi connectivity index (χ2n) is 9.48. The van der Waals surface area contributed by atoms with Crippen LogP contribution in [0.25, 0.3) is 16.3 Å². The third-order valence-electron chi connectivity index (χ3n) is 7.02. The quantitative estimate of drug-likeness (QED) is 0.340. The van der Waals surface area contributed by atoms with Crippen molar-refractivity contribution in [3.63, 3.8) is 0 Å². The highest BCUT2D eigenvalue weighted by atomic mass is 32.2. The molecule has 10 heteroatoms. The Bertz CT molecular complexity index is 1500. The lowest BCUT2D eigenvalue weighted by Gasteiger charge is -2.30. The molecule has 0 bridgehead atoms. The van der Waals surface area contributed by atoms with Crippen molar-refractivity contribution in [3.8, 4) is 16.3 Å². The highest BCUT2D eigenvalue weighted by Gasteiger charge is 2.38. The fraction of sp³-hybridized carbons (Fsp3) is 0.276. The number of ether oxygens (including phenoxy) is 1. The zero-order chi connectivity index (χ0) is 26.9. The standard InChI is InChI=1S/C29H27FN4O3S2/c1-19-5-2-3-6-22(19)34-29-26(27(31-34)23-7-4-16-38-23)28(20-8-10-21(30)11-9-20)39-18-25(36)33(29)17-24(35)32-12-14-37-15-13-32/h2-11,16,28H,12-15,17-18H2,1H3. The number of carbonyl (C=O) groups excluding carboxylic acids is 2. The van der Waals surface area contributed by atoms with Crippen molar-refractivity contribution >= 4 is 40.7 Å². The summed E-state index contributed by atoms with van der Waals surface area (Å²) in [6.45, 7) is 3.87. The minimum Gasteiger partial charge on any atom is -0.378 e. The van der Waals surface area contributed by atoms with Crippen LogP contribution in [0, 0.1) is 12.7 Å². The van der Waals surface area contributed by atoms with E-state index < -0.39 is 0 Å². The molecule has 0 radical (unpaired) electrons. The minimum atomic E-state index is -0.319. The summed E-state index contributed by atoms with van der Waals surface area (Å²) >= 11 is 3.05. The fourth-order valence-electron chi connectivity index (χ4n) is 5.03. The van der Waals surface area contributed by atoms with Gasteiger partial charge in [-0.25, -0.2) is 9.07 Å². The Morgan fingerprint density at radius 1 is 1.08 bits per heavy atom. The van der Waals surface area contributed by atoms with E-state index in [1.165, 1.54) is 23.9 Å². The molecular formula is C29H27FN4O3S2. The van der Waals surface area contributed by atoms with Crippen LogP contribution in [0.1, 0.15) is 21.9 Å². The van der Waals surface area contributed by atoms with Crippen molar-refractivity contribution in [1.82, 2.24) is 14.7 Å². The van der Waals surface area contributed by atoms with Crippen LogP contribution < -0.4 is 4.90 Å². The second-order valence-corrected chi connectivity index (χ2v) is 11.5. The number of fused-ring (bicyclic) bond motifs is 1. The molecular weight excluding hydrogens is 535 g/mol. The number of thioether (sulfide) groups is 1. The molecule has 1 saturated heterocycles. The number of benzene rings is 2. The summed E-state index contributed by atoms with van der Waals surface area (Å²) in [5.41, 5.74) is 4.29. The van der Waals surface area contributed by atoms with Crippen LogP contribution in [0.2, 0.25) is 0 Å². The van der Waals surface area contributed by atoms with Gasteiger partial charge in [0.25, 0.3) is 0 Å². The Labute approximate surface area is 234 Å². The van der Waals surface area contributed by atoms with E-state index >= 15 is 0 Å². The van der Waals surface area contributed by atoms with Crippen LogP contribution >= 0.6 is 23.1 Å². The predicted octanol–water partition coefficient (Wildman–Crippen LogP) is 5.08. The first-order chi connectivity index (χ1) is 19.0. The van der Waals surface area contributed by atoms with E-state index in [4.69, 9.17) is 9.84 Å². The Morgan fingerprint density at radius 3 is 2.56 bits per heavy atom. The monoisotopic (exact) mass is 562 g/mol. The Kier molecular flexibility index (Phi) is 7.24. The first-order valence-corrected chi connectivity index (χ1v) is 14.7. The molecule has 0 N–H and O–H groups in total. The lowest BCUT2D eigenvalue weighted by atomic mass is 10.0. The molecule has 0 spiro atoms. The molecule has 39 heavy (non-hydrogen) atoms. The summed E-state index contributed by atoms with van der Waals surface area (Å²) in [5, 5.41) is 6.81. The van der Waals surface area contributed by atoms with Crippen LogP contribution in [0.15, 0.2) is 66.0 Å². The Hall–Kier alpha value is -3.47. The molecule has 7 nitrogen and oxygen atoms in total. The lowest BCUT2D eigenvalue weighted by molar-refractivity contribution is -0.134. The van der Waals surface area contributed by atoms with Crippen molar-refractivity contribution in [1.29, 1.82) is 0 Å². The zero-order valence-electron chi connectivity index (χ0n) is 21.4. The van der Waals surface area contributed by atoms with Gasteiger partial charge in [-0.15, -0.1) is 23.1 Å². The summed E-state index contributed by atoms with van der Waals surface area (Å²) in [7, 11) is 0. The number of aromatic nitrogens is 2. The number of hydrogen-bond donors (Lipinski definition) is 0. The topological polar surface area (TPSA) is 67.7 Å². The normalized spacial score (nSPS) is 17.7. The molecule has 2 aromatic heterocycles. The van der Waals surface area contributed by atoms with Crippen molar-refractivity contribution < 1.29 is 18.7 Å². The van der Waals surface area contributed by atoms with E-state index in [0.717, 1.165) is 32.9 Å². The van der Waals surface area contributed by atoms with Crippen molar-refractivity contribution in [3.05, 3.63) is 88.6 Å². The third-order valence-corrected chi connectivity index (χ3v) is 9.15. The summed E-state index contributed by atoms with van der Waals surface area (Å²) < 4.78 is 21.2. The zero-order valence-corrected chi connectivity index (χ0v) is 23.0. The van der Waals surface area contributed by atoms with Crippen LogP contribution in [-0.4, -0.2) is 65.1 Å². The minimum absolute atomic E-state index is 0.0933. The molecule has 2 aliphatic rings. The van der Waals surface area contributed by atoms with Crippen molar-refractivity contribution in [2.24, 2.45) is 0 Å². The molecule has 2 aromatic carbocycles. The summed E-state index contributed by atoms with van der Waals surface area (Å²) in [4.78, 5) is 31.6. The van der Waals surface area contributed by atoms with Gasteiger partial charge in [0.1, 0.15) is 23.9 Å². The van der Waals surface area contributed by atoms with Gasteiger partial charge in [-0.2, -0.15) is 5.10 Å². The fourth-order valence-corrected chi connectivity index (χ4v) is 6.95. The van der Waals surface area contributed by atoms with Crippen molar-refractivity contribution in [2.75, 3.05) is 43.5 Å². The molecule has 200 valence electrons. The lowest BCUT2D eigenvalue weighted by Crippen LogP contribution is -2.48. The van der Waals surface area contributed by atoms with Gasteiger partial charge in [0.2, 0.25) is 11.8 Å². The summed E-state index contributed by atoms with van der Waals surface area (Å²) in [5.74, 6) is 0.141. The molecule has 4 aromatic rings. The number of anilines is 1. The van der Waals surface area contributed by atoms with E-state index in [-0.39, 0.29) is 35.2 Å². The van der Waals surface area contributed by atoms with E-state index in [1.807, 2.05) is 53.4 Å². The smallest absolute Gasteiger partial charge is 0.242 e. The van der Waals surface area contributed by atoms with Crippen LogP contribution in [-0.2, 0) is 14.3 Å². The molecule has 0 saturated carbocycles.